The Kier molecular flexibility index (Phi) is 5.85. The predicted molar refractivity (Wildman–Crippen MR) is 60.5 cm³/mol. The first-order valence-corrected chi connectivity index (χ1v) is 5.14. The SMILES string of the molecule is COc1ccc(COC[C@H](CO)OC)cc1. The summed E-state index contributed by atoms with van der Waals surface area (Å²) in [4.78, 5) is 0. The summed E-state index contributed by atoms with van der Waals surface area (Å²) in [5.74, 6) is 0.828. The number of hydrogen-bond donors (Lipinski definition) is 1. The molecule has 4 nitrogen and oxygen atoms in total. The number of aliphatic hydroxyl groups excluding tert-OH is 1. The molecule has 4 heteroatoms. The molecule has 0 spiro atoms. The Morgan fingerprint density at radius 2 is 1.88 bits per heavy atom. The van der Waals surface area contributed by atoms with Crippen LogP contribution in [0.5, 0.6) is 5.75 Å². The van der Waals surface area contributed by atoms with Crippen LogP contribution >= 0.6 is 0 Å². The van der Waals surface area contributed by atoms with Gasteiger partial charge in [-0.15, -0.1) is 0 Å². The summed E-state index contributed by atoms with van der Waals surface area (Å²) in [5.41, 5.74) is 1.06. The second-order valence-electron chi connectivity index (χ2n) is 3.40. The third kappa shape index (κ3) is 4.18. The first-order chi connectivity index (χ1) is 7.80. The van der Waals surface area contributed by atoms with Gasteiger partial charge in [0.25, 0.3) is 0 Å². The maximum absolute atomic E-state index is 8.87. The average Bonchev–Trinajstić information content (AvgIpc) is 2.35. The van der Waals surface area contributed by atoms with Crippen molar-refractivity contribution in [2.24, 2.45) is 0 Å². The number of rotatable bonds is 7. The maximum Gasteiger partial charge on any atom is 0.118 e. The van der Waals surface area contributed by atoms with Gasteiger partial charge in [-0.2, -0.15) is 0 Å². The Hall–Kier alpha value is -1.10. The minimum Gasteiger partial charge on any atom is -0.497 e. The molecule has 0 bridgehead atoms. The van der Waals surface area contributed by atoms with Crippen LogP contribution in [-0.2, 0) is 16.1 Å². The van der Waals surface area contributed by atoms with Crippen LogP contribution in [0.1, 0.15) is 5.56 Å². The molecule has 0 aliphatic heterocycles. The zero-order valence-corrected chi connectivity index (χ0v) is 9.68. The Labute approximate surface area is 95.8 Å². The third-order valence-corrected chi connectivity index (χ3v) is 2.27. The fourth-order valence-electron chi connectivity index (χ4n) is 1.23. The molecular formula is C12H18O4. The van der Waals surface area contributed by atoms with Gasteiger partial charge in [-0.05, 0) is 17.7 Å². The summed E-state index contributed by atoms with van der Waals surface area (Å²) in [6.45, 7) is 0.863. The second-order valence-corrected chi connectivity index (χ2v) is 3.40. The van der Waals surface area contributed by atoms with Crippen LogP contribution in [0, 0.1) is 0 Å². The van der Waals surface area contributed by atoms with E-state index in [0.717, 1.165) is 11.3 Å². The molecule has 0 radical (unpaired) electrons. The minimum atomic E-state index is -0.252. The first-order valence-electron chi connectivity index (χ1n) is 5.14. The van der Waals surface area contributed by atoms with Gasteiger partial charge in [0.15, 0.2) is 0 Å². The Morgan fingerprint density at radius 3 is 2.38 bits per heavy atom. The fraction of sp³-hybridized carbons (Fsp3) is 0.500. The third-order valence-electron chi connectivity index (χ3n) is 2.27. The van der Waals surface area contributed by atoms with Gasteiger partial charge < -0.3 is 19.3 Å². The molecule has 0 unspecified atom stereocenters. The van der Waals surface area contributed by atoms with Crippen molar-refractivity contribution in [3.63, 3.8) is 0 Å². The molecule has 90 valence electrons. The van der Waals surface area contributed by atoms with Crippen molar-refractivity contribution in [3.05, 3.63) is 29.8 Å². The van der Waals surface area contributed by atoms with Crippen LogP contribution in [0.3, 0.4) is 0 Å². The Balaban J connectivity index is 2.31. The summed E-state index contributed by atoms with van der Waals surface area (Å²) in [6, 6.07) is 7.66. The van der Waals surface area contributed by atoms with Gasteiger partial charge in [0, 0.05) is 7.11 Å². The average molecular weight is 226 g/mol. The largest absolute Gasteiger partial charge is 0.497 e. The zero-order valence-electron chi connectivity index (χ0n) is 9.68. The molecule has 0 aliphatic rings. The first kappa shape index (κ1) is 13.0. The summed E-state index contributed by atoms with van der Waals surface area (Å²) >= 11 is 0. The molecule has 0 heterocycles. The lowest BCUT2D eigenvalue weighted by atomic mass is 10.2. The van der Waals surface area contributed by atoms with E-state index >= 15 is 0 Å². The van der Waals surface area contributed by atoms with Crippen molar-refractivity contribution in [2.75, 3.05) is 27.4 Å². The summed E-state index contributed by atoms with van der Waals surface area (Å²) in [7, 11) is 3.19. The molecule has 0 saturated carbocycles. The molecule has 16 heavy (non-hydrogen) atoms. The van der Waals surface area contributed by atoms with Gasteiger partial charge in [0.1, 0.15) is 11.9 Å². The van der Waals surface area contributed by atoms with E-state index in [2.05, 4.69) is 0 Å². The highest BCUT2D eigenvalue weighted by atomic mass is 16.5. The second kappa shape index (κ2) is 7.22. The van der Waals surface area contributed by atoms with E-state index in [-0.39, 0.29) is 12.7 Å². The number of methoxy groups -OCH3 is 2. The molecule has 0 fully saturated rings. The maximum atomic E-state index is 8.87. The van der Waals surface area contributed by atoms with Crippen molar-refractivity contribution in [1.29, 1.82) is 0 Å². The topological polar surface area (TPSA) is 47.9 Å². The number of benzene rings is 1. The number of ether oxygens (including phenoxy) is 3. The molecule has 0 aromatic heterocycles. The van der Waals surface area contributed by atoms with E-state index < -0.39 is 0 Å². The summed E-state index contributed by atoms with van der Waals surface area (Å²) < 4.78 is 15.4. The lowest BCUT2D eigenvalue weighted by Gasteiger charge is -2.12. The fourth-order valence-corrected chi connectivity index (χ4v) is 1.23. The van der Waals surface area contributed by atoms with E-state index in [0.29, 0.717) is 13.2 Å². The molecule has 1 atom stereocenters. The highest BCUT2D eigenvalue weighted by Gasteiger charge is 2.05. The Bertz CT molecular complexity index is 280. The van der Waals surface area contributed by atoms with E-state index in [4.69, 9.17) is 19.3 Å². The van der Waals surface area contributed by atoms with E-state index in [9.17, 15) is 0 Å². The van der Waals surface area contributed by atoms with E-state index in [1.165, 1.54) is 0 Å². The summed E-state index contributed by atoms with van der Waals surface area (Å²) in [5, 5.41) is 8.87. The smallest absolute Gasteiger partial charge is 0.118 e. The van der Waals surface area contributed by atoms with Crippen LogP contribution in [0.4, 0.5) is 0 Å². The highest BCUT2D eigenvalue weighted by Crippen LogP contribution is 2.11. The molecule has 1 aromatic carbocycles. The molecule has 0 saturated heterocycles. The molecular weight excluding hydrogens is 208 g/mol. The van der Waals surface area contributed by atoms with Gasteiger partial charge in [-0.3, -0.25) is 0 Å². The molecule has 0 aliphatic carbocycles. The van der Waals surface area contributed by atoms with Crippen LogP contribution in [0.25, 0.3) is 0 Å². The highest BCUT2D eigenvalue weighted by molar-refractivity contribution is 5.26. The normalized spacial score (nSPS) is 12.4. The van der Waals surface area contributed by atoms with Gasteiger partial charge in [0.05, 0.1) is 26.9 Å². The van der Waals surface area contributed by atoms with Crippen LogP contribution in [0.15, 0.2) is 24.3 Å². The van der Waals surface area contributed by atoms with Crippen LogP contribution < -0.4 is 4.74 Å². The lowest BCUT2D eigenvalue weighted by molar-refractivity contribution is -0.0248. The van der Waals surface area contributed by atoms with E-state index in [1.807, 2.05) is 24.3 Å². The molecule has 0 amide bonds. The Morgan fingerprint density at radius 1 is 1.19 bits per heavy atom. The zero-order chi connectivity index (χ0) is 11.8. The van der Waals surface area contributed by atoms with Crippen molar-refractivity contribution < 1.29 is 19.3 Å². The quantitative estimate of drug-likeness (QED) is 0.759. The molecule has 1 N–H and O–H groups in total. The lowest BCUT2D eigenvalue weighted by Crippen LogP contribution is -2.22. The molecule has 1 rings (SSSR count). The van der Waals surface area contributed by atoms with Crippen LogP contribution in [0.2, 0.25) is 0 Å². The van der Waals surface area contributed by atoms with Crippen LogP contribution in [-0.4, -0.2) is 38.6 Å². The minimum absolute atomic E-state index is 0.0287. The van der Waals surface area contributed by atoms with Gasteiger partial charge in [-0.25, -0.2) is 0 Å². The van der Waals surface area contributed by atoms with Crippen molar-refractivity contribution in [3.8, 4) is 5.75 Å². The predicted octanol–water partition coefficient (Wildman–Crippen LogP) is 1.22. The van der Waals surface area contributed by atoms with Crippen molar-refractivity contribution in [1.82, 2.24) is 0 Å². The molecule has 1 aromatic rings. The van der Waals surface area contributed by atoms with Crippen molar-refractivity contribution >= 4 is 0 Å². The van der Waals surface area contributed by atoms with E-state index in [1.54, 1.807) is 14.2 Å². The van der Waals surface area contributed by atoms with Gasteiger partial charge in [0.2, 0.25) is 0 Å². The van der Waals surface area contributed by atoms with Gasteiger partial charge in [-0.1, -0.05) is 12.1 Å². The monoisotopic (exact) mass is 226 g/mol. The number of aliphatic hydroxyl groups is 1. The van der Waals surface area contributed by atoms with Gasteiger partial charge >= 0.3 is 0 Å². The standard InChI is InChI=1S/C12H18O4/c1-14-11-5-3-10(4-6-11)8-16-9-12(7-13)15-2/h3-6,12-13H,7-9H2,1-2H3/t12-/m0/s1. The number of hydrogen-bond acceptors (Lipinski definition) is 4. The summed E-state index contributed by atoms with van der Waals surface area (Å²) in [6.07, 6.45) is -0.252. The van der Waals surface area contributed by atoms with Crippen molar-refractivity contribution in [2.45, 2.75) is 12.7 Å².